The molecule has 0 heterocycles. The maximum Gasteiger partial charge on any atom is 0.387 e. The van der Waals surface area contributed by atoms with E-state index in [-0.39, 0.29) is 10.8 Å². The Bertz CT molecular complexity index is 333. The van der Waals surface area contributed by atoms with Crippen molar-refractivity contribution >= 4 is 39.1 Å². The lowest BCUT2D eigenvalue weighted by molar-refractivity contribution is -0.0498. The first-order valence-electron chi connectivity index (χ1n) is 3.53. The maximum atomic E-state index is 11.9. The normalized spacial score (nSPS) is 10.7. The quantitative estimate of drug-likeness (QED) is 0.748. The lowest BCUT2D eigenvalue weighted by Crippen LogP contribution is -2.02. The van der Waals surface area contributed by atoms with Crippen molar-refractivity contribution in [3.05, 3.63) is 27.7 Å². The average molecular weight is 306 g/mol. The summed E-state index contributed by atoms with van der Waals surface area (Å²) < 4.78 is 28.0. The standard InChI is InChI=1S/C8H5BrCl2F2O/c9-3-4-1-5(14-8(12)13)2-6(10)7(4)11/h1-2,8H,3H2. The van der Waals surface area contributed by atoms with E-state index in [2.05, 4.69) is 20.7 Å². The molecule has 0 aliphatic rings. The van der Waals surface area contributed by atoms with Crippen LogP contribution in [-0.2, 0) is 5.33 Å². The van der Waals surface area contributed by atoms with Crippen molar-refractivity contribution in [1.82, 2.24) is 0 Å². The van der Waals surface area contributed by atoms with Crippen LogP contribution in [0.1, 0.15) is 5.56 Å². The molecule has 0 fully saturated rings. The fourth-order valence-corrected chi connectivity index (χ4v) is 1.90. The maximum absolute atomic E-state index is 11.9. The van der Waals surface area contributed by atoms with E-state index in [1.165, 1.54) is 12.1 Å². The molecule has 0 aliphatic heterocycles. The molecule has 6 heteroatoms. The third-order valence-corrected chi connectivity index (χ3v) is 2.89. The van der Waals surface area contributed by atoms with Crippen LogP contribution in [0.15, 0.2) is 12.1 Å². The van der Waals surface area contributed by atoms with Crippen LogP contribution in [0, 0.1) is 0 Å². The van der Waals surface area contributed by atoms with Gasteiger partial charge in [0.25, 0.3) is 0 Å². The molecule has 1 nitrogen and oxygen atoms in total. The van der Waals surface area contributed by atoms with Crippen molar-refractivity contribution in [1.29, 1.82) is 0 Å². The second kappa shape index (κ2) is 5.14. The summed E-state index contributed by atoms with van der Waals surface area (Å²) in [6.07, 6.45) is 0. The van der Waals surface area contributed by atoms with E-state index >= 15 is 0 Å². The Kier molecular flexibility index (Phi) is 4.41. The van der Waals surface area contributed by atoms with Gasteiger partial charge in [-0.05, 0) is 11.6 Å². The van der Waals surface area contributed by atoms with Gasteiger partial charge in [-0.25, -0.2) is 0 Å². The molecular weight excluding hydrogens is 301 g/mol. The zero-order valence-electron chi connectivity index (χ0n) is 6.74. The predicted molar refractivity (Wildman–Crippen MR) is 55.7 cm³/mol. The van der Waals surface area contributed by atoms with Crippen LogP contribution in [0.2, 0.25) is 10.0 Å². The van der Waals surface area contributed by atoms with Gasteiger partial charge in [-0.2, -0.15) is 8.78 Å². The van der Waals surface area contributed by atoms with Crippen molar-refractivity contribution in [2.24, 2.45) is 0 Å². The van der Waals surface area contributed by atoms with Gasteiger partial charge < -0.3 is 4.74 Å². The SMILES string of the molecule is FC(F)Oc1cc(Cl)c(Cl)c(CBr)c1. The third kappa shape index (κ3) is 2.97. The summed E-state index contributed by atoms with van der Waals surface area (Å²) in [6.45, 7) is -2.87. The predicted octanol–water partition coefficient (Wildman–Crippen LogP) is 4.49. The molecule has 0 saturated heterocycles. The van der Waals surface area contributed by atoms with E-state index in [9.17, 15) is 8.78 Å². The summed E-state index contributed by atoms with van der Waals surface area (Å²) in [6, 6.07) is 2.66. The minimum atomic E-state index is -2.87. The molecule has 0 atom stereocenters. The Morgan fingerprint density at radius 1 is 1.36 bits per heavy atom. The number of alkyl halides is 3. The topological polar surface area (TPSA) is 9.23 Å². The molecule has 1 aromatic carbocycles. The molecule has 1 rings (SSSR count). The van der Waals surface area contributed by atoms with Crippen LogP contribution in [0.4, 0.5) is 8.78 Å². The van der Waals surface area contributed by atoms with Crippen molar-refractivity contribution in [2.45, 2.75) is 11.9 Å². The molecule has 0 amide bonds. The first-order chi connectivity index (χ1) is 6.54. The third-order valence-electron chi connectivity index (χ3n) is 1.45. The minimum Gasteiger partial charge on any atom is -0.435 e. The number of rotatable bonds is 3. The van der Waals surface area contributed by atoms with Gasteiger partial charge >= 0.3 is 6.61 Å². The second-order valence-corrected chi connectivity index (χ2v) is 3.74. The lowest BCUT2D eigenvalue weighted by atomic mass is 10.2. The molecule has 0 bridgehead atoms. The number of ether oxygens (including phenoxy) is 1. The Morgan fingerprint density at radius 2 is 2.00 bits per heavy atom. The van der Waals surface area contributed by atoms with Gasteiger partial charge in [-0.15, -0.1) is 0 Å². The van der Waals surface area contributed by atoms with Gasteiger partial charge in [-0.1, -0.05) is 39.1 Å². The van der Waals surface area contributed by atoms with Crippen molar-refractivity contribution in [3.63, 3.8) is 0 Å². The molecule has 0 radical (unpaired) electrons. The zero-order chi connectivity index (χ0) is 10.7. The smallest absolute Gasteiger partial charge is 0.387 e. The van der Waals surface area contributed by atoms with E-state index in [1.54, 1.807) is 0 Å². The van der Waals surface area contributed by atoms with E-state index in [1.807, 2.05) is 0 Å². The van der Waals surface area contributed by atoms with Gasteiger partial charge in [0.05, 0.1) is 10.0 Å². The molecule has 0 saturated carbocycles. The largest absolute Gasteiger partial charge is 0.435 e. The molecule has 0 unspecified atom stereocenters. The number of hydrogen-bond donors (Lipinski definition) is 0. The highest BCUT2D eigenvalue weighted by Gasteiger charge is 2.10. The number of hydrogen-bond acceptors (Lipinski definition) is 1. The minimum absolute atomic E-state index is 0.00356. The van der Waals surface area contributed by atoms with Crippen LogP contribution in [-0.4, -0.2) is 6.61 Å². The highest BCUT2D eigenvalue weighted by Crippen LogP contribution is 2.32. The summed E-state index contributed by atoms with van der Waals surface area (Å²) >= 11 is 14.7. The van der Waals surface area contributed by atoms with Gasteiger partial charge in [-0.3, -0.25) is 0 Å². The van der Waals surface area contributed by atoms with Gasteiger partial charge in [0, 0.05) is 11.4 Å². The first kappa shape index (κ1) is 12.0. The van der Waals surface area contributed by atoms with Gasteiger partial charge in [0.2, 0.25) is 0 Å². The monoisotopic (exact) mass is 304 g/mol. The van der Waals surface area contributed by atoms with Crippen molar-refractivity contribution in [2.75, 3.05) is 0 Å². The molecule has 1 aromatic rings. The summed E-state index contributed by atoms with van der Waals surface area (Å²) in [7, 11) is 0. The van der Waals surface area contributed by atoms with E-state index in [0.29, 0.717) is 15.9 Å². The van der Waals surface area contributed by atoms with Crippen LogP contribution in [0.3, 0.4) is 0 Å². The molecule has 78 valence electrons. The Labute approximate surface area is 98.1 Å². The molecule has 0 spiro atoms. The Balaban J connectivity index is 3.03. The van der Waals surface area contributed by atoms with E-state index in [0.717, 1.165) is 0 Å². The fourth-order valence-electron chi connectivity index (χ4n) is 0.887. The summed E-state index contributed by atoms with van der Waals surface area (Å²) in [5, 5.41) is 0.954. The van der Waals surface area contributed by atoms with Crippen LogP contribution in [0.5, 0.6) is 5.75 Å². The number of halogens is 5. The van der Waals surface area contributed by atoms with Crippen molar-refractivity contribution < 1.29 is 13.5 Å². The molecule has 0 aliphatic carbocycles. The highest BCUT2D eigenvalue weighted by molar-refractivity contribution is 9.08. The van der Waals surface area contributed by atoms with Gasteiger partial charge in [0.15, 0.2) is 0 Å². The molecule has 14 heavy (non-hydrogen) atoms. The van der Waals surface area contributed by atoms with Crippen molar-refractivity contribution in [3.8, 4) is 5.75 Å². The highest BCUT2D eigenvalue weighted by atomic mass is 79.9. The number of benzene rings is 1. The van der Waals surface area contributed by atoms with Crippen LogP contribution < -0.4 is 4.74 Å². The fraction of sp³-hybridized carbons (Fsp3) is 0.250. The zero-order valence-corrected chi connectivity index (χ0v) is 9.84. The second-order valence-electron chi connectivity index (χ2n) is 2.39. The Hall–Kier alpha value is -0.0600. The average Bonchev–Trinajstić information content (AvgIpc) is 2.10. The summed E-state index contributed by atoms with van der Waals surface area (Å²) in [4.78, 5) is 0. The molecule has 0 N–H and O–H groups in total. The van der Waals surface area contributed by atoms with Crippen LogP contribution >= 0.6 is 39.1 Å². The molecule has 0 aromatic heterocycles. The van der Waals surface area contributed by atoms with E-state index < -0.39 is 6.61 Å². The molecular formula is C8H5BrCl2F2O. The summed E-state index contributed by atoms with van der Waals surface area (Å²) in [5.41, 5.74) is 0.606. The first-order valence-corrected chi connectivity index (χ1v) is 5.41. The summed E-state index contributed by atoms with van der Waals surface area (Å²) in [5.74, 6) is 0.00356. The Morgan fingerprint density at radius 3 is 2.50 bits per heavy atom. The van der Waals surface area contributed by atoms with Crippen LogP contribution in [0.25, 0.3) is 0 Å². The van der Waals surface area contributed by atoms with Gasteiger partial charge in [0.1, 0.15) is 5.75 Å². The van der Waals surface area contributed by atoms with E-state index in [4.69, 9.17) is 23.2 Å². The lowest BCUT2D eigenvalue weighted by Gasteiger charge is -2.08.